The van der Waals surface area contributed by atoms with Gasteiger partial charge >= 0.3 is 0 Å². The molecule has 2 aromatic carbocycles. The second-order valence-corrected chi connectivity index (χ2v) is 5.92. The smallest absolute Gasteiger partial charge is 0.225 e. The Bertz CT molecular complexity index is 665. The summed E-state index contributed by atoms with van der Waals surface area (Å²) in [5, 5.41) is 2.51. The van der Waals surface area contributed by atoms with Crippen molar-refractivity contribution in [3.63, 3.8) is 0 Å². The normalized spacial score (nSPS) is 18.3. The van der Waals surface area contributed by atoms with Crippen LogP contribution in [0.1, 0.15) is 12.0 Å². The molecular weight excluding hydrogens is 290 g/mol. The van der Waals surface area contributed by atoms with E-state index in [1.807, 2.05) is 4.90 Å². The molecule has 1 heterocycles. The second-order valence-electron chi connectivity index (χ2n) is 5.92. The molecule has 0 N–H and O–H groups in total. The van der Waals surface area contributed by atoms with Gasteiger partial charge in [-0.2, -0.15) is 0 Å². The quantitative estimate of drug-likeness (QED) is 0.852. The first-order valence-corrected chi connectivity index (χ1v) is 8.13. The minimum Gasteiger partial charge on any atom is -0.384 e. The summed E-state index contributed by atoms with van der Waals surface area (Å²) >= 11 is 0. The van der Waals surface area contributed by atoms with E-state index in [1.54, 1.807) is 7.11 Å². The molecule has 2 aromatic rings. The third kappa shape index (κ3) is 3.89. The highest BCUT2D eigenvalue weighted by Crippen LogP contribution is 2.21. The van der Waals surface area contributed by atoms with Gasteiger partial charge in [0.15, 0.2) is 0 Å². The van der Waals surface area contributed by atoms with Crippen LogP contribution in [0.25, 0.3) is 10.8 Å². The molecule has 0 spiro atoms. The largest absolute Gasteiger partial charge is 0.384 e. The minimum atomic E-state index is 0.0565. The van der Waals surface area contributed by atoms with Crippen molar-refractivity contribution in [1.29, 1.82) is 0 Å². The molecule has 1 amide bonds. The maximum absolute atomic E-state index is 12.2. The highest BCUT2D eigenvalue weighted by molar-refractivity contribution is 5.85. The van der Waals surface area contributed by atoms with Gasteiger partial charge in [-0.05, 0) is 16.3 Å². The second kappa shape index (κ2) is 7.57. The lowest BCUT2D eigenvalue weighted by Gasteiger charge is -2.33. The molecule has 1 aliphatic rings. The summed E-state index contributed by atoms with van der Waals surface area (Å²) in [6.07, 6.45) is 1.33. The predicted octanol–water partition coefficient (Wildman–Crippen LogP) is 2.65. The van der Waals surface area contributed by atoms with Crippen LogP contribution < -0.4 is 0 Å². The van der Waals surface area contributed by atoms with E-state index in [0.29, 0.717) is 32.7 Å². The number of hydrogen-bond donors (Lipinski definition) is 0. The van der Waals surface area contributed by atoms with Crippen LogP contribution in [-0.2, 0) is 20.7 Å². The number of hydrogen-bond acceptors (Lipinski definition) is 3. The average molecular weight is 313 g/mol. The standard InChI is InChI=1S/C19H23NO3/c1-22-11-9-19(21)20-10-12-23-17(14-20)13-16-7-4-6-15-5-2-3-8-18(15)16/h2-8,17H,9-14H2,1H3. The molecule has 1 atom stereocenters. The molecule has 1 saturated heterocycles. The average Bonchev–Trinajstić information content (AvgIpc) is 2.60. The Morgan fingerprint density at radius 1 is 1.26 bits per heavy atom. The van der Waals surface area contributed by atoms with E-state index in [0.717, 1.165) is 6.42 Å². The molecule has 1 fully saturated rings. The van der Waals surface area contributed by atoms with Crippen molar-refractivity contribution in [3.8, 4) is 0 Å². The summed E-state index contributed by atoms with van der Waals surface area (Å²) in [5.41, 5.74) is 1.28. The van der Waals surface area contributed by atoms with Gasteiger partial charge < -0.3 is 14.4 Å². The van der Waals surface area contributed by atoms with E-state index in [4.69, 9.17) is 9.47 Å². The first kappa shape index (κ1) is 16.0. The fraction of sp³-hybridized carbons (Fsp3) is 0.421. The lowest BCUT2D eigenvalue weighted by molar-refractivity contribution is -0.139. The monoisotopic (exact) mass is 313 g/mol. The number of nitrogens with zero attached hydrogens (tertiary/aromatic N) is 1. The molecular formula is C19H23NO3. The van der Waals surface area contributed by atoms with Crippen molar-refractivity contribution < 1.29 is 14.3 Å². The van der Waals surface area contributed by atoms with Crippen molar-refractivity contribution in [3.05, 3.63) is 48.0 Å². The summed E-state index contributed by atoms with van der Waals surface area (Å²) in [6, 6.07) is 14.8. The van der Waals surface area contributed by atoms with Gasteiger partial charge in [0.2, 0.25) is 5.91 Å². The van der Waals surface area contributed by atoms with E-state index < -0.39 is 0 Å². The number of fused-ring (bicyclic) bond motifs is 1. The molecule has 3 rings (SSSR count). The molecule has 122 valence electrons. The van der Waals surface area contributed by atoms with Crippen LogP contribution in [0.5, 0.6) is 0 Å². The summed E-state index contributed by atoms with van der Waals surface area (Å²) in [4.78, 5) is 14.1. The van der Waals surface area contributed by atoms with E-state index in [2.05, 4.69) is 42.5 Å². The Balaban J connectivity index is 1.68. The van der Waals surface area contributed by atoms with Crippen molar-refractivity contribution in [2.75, 3.05) is 33.4 Å². The van der Waals surface area contributed by atoms with Crippen LogP contribution in [0.2, 0.25) is 0 Å². The van der Waals surface area contributed by atoms with Crippen LogP contribution in [-0.4, -0.2) is 50.3 Å². The van der Waals surface area contributed by atoms with Crippen LogP contribution in [0.4, 0.5) is 0 Å². The van der Waals surface area contributed by atoms with Crippen LogP contribution in [0.15, 0.2) is 42.5 Å². The minimum absolute atomic E-state index is 0.0565. The van der Waals surface area contributed by atoms with E-state index in [-0.39, 0.29) is 12.0 Å². The maximum atomic E-state index is 12.2. The van der Waals surface area contributed by atoms with Gasteiger partial charge in [0.1, 0.15) is 0 Å². The molecule has 1 unspecified atom stereocenters. The zero-order chi connectivity index (χ0) is 16.1. The summed E-state index contributed by atoms with van der Waals surface area (Å²) in [5.74, 6) is 0.151. The molecule has 1 aliphatic heterocycles. The maximum Gasteiger partial charge on any atom is 0.225 e. The van der Waals surface area contributed by atoms with Gasteiger partial charge in [0, 0.05) is 26.6 Å². The summed E-state index contributed by atoms with van der Waals surface area (Å²) < 4.78 is 10.9. The summed E-state index contributed by atoms with van der Waals surface area (Å²) in [7, 11) is 1.62. The number of benzene rings is 2. The molecule has 0 saturated carbocycles. The van der Waals surface area contributed by atoms with Gasteiger partial charge in [0.05, 0.1) is 25.7 Å². The number of methoxy groups -OCH3 is 1. The van der Waals surface area contributed by atoms with Gasteiger partial charge in [0.25, 0.3) is 0 Å². The van der Waals surface area contributed by atoms with E-state index in [1.165, 1.54) is 16.3 Å². The molecule has 0 radical (unpaired) electrons. The lowest BCUT2D eigenvalue weighted by Crippen LogP contribution is -2.46. The Kier molecular flexibility index (Phi) is 5.26. The number of rotatable bonds is 5. The van der Waals surface area contributed by atoms with Gasteiger partial charge in [-0.3, -0.25) is 4.79 Å². The third-order valence-corrected chi connectivity index (χ3v) is 4.34. The van der Waals surface area contributed by atoms with Gasteiger partial charge in [-0.25, -0.2) is 0 Å². The van der Waals surface area contributed by atoms with Gasteiger partial charge in [-0.15, -0.1) is 0 Å². The SMILES string of the molecule is COCCC(=O)N1CCOC(Cc2cccc3ccccc23)C1. The zero-order valence-electron chi connectivity index (χ0n) is 13.5. The van der Waals surface area contributed by atoms with E-state index >= 15 is 0 Å². The fourth-order valence-corrected chi connectivity index (χ4v) is 3.13. The summed E-state index contributed by atoms with van der Waals surface area (Å²) in [6.45, 7) is 2.42. The third-order valence-electron chi connectivity index (χ3n) is 4.34. The Morgan fingerprint density at radius 2 is 2.09 bits per heavy atom. The Morgan fingerprint density at radius 3 is 2.96 bits per heavy atom. The van der Waals surface area contributed by atoms with Crippen molar-refractivity contribution in [2.24, 2.45) is 0 Å². The highest BCUT2D eigenvalue weighted by Gasteiger charge is 2.24. The van der Waals surface area contributed by atoms with E-state index in [9.17, 15) is 4.79 Å². The Hall–Kier alpha value is -1.91. The van der Waals surface area contributed by atoms with Crippen LogP contribution in [0.3, 0.4) is 0 Å². The lowest BCUT2D eigenvalue weighted by atomic mass is 9.99. The number of amides is 1. The zero-order valence-corrected chi connectivity index (χ0v) is 13.5. The van der Waals surface area contributed by atoms with Gasteiger partial charge in [-0.1, -0.05) is 42.5 Å². The van der Waals surface area contributed by atoms with Crippen LogP contribution >= 0.6 is 0 Å². The number of morpholine rings is 1. The first-order chi connectivity index (χ1) is 11.3. The van der Waals surface area contributed by atoms with Crippen molar-refractivity contribution in [2.45, 2.75) is 18.9 Å². The number of carbonyl (C=O) groups excluding carboxylic acids is 1. The highest BCUT2D eigenvalue weighted by atomic mass is 16.5. The molecule has 0 bridgehead atoms. The Labute approximate surface area is 137 Å². The van der Waals surface area contributed by atoms with Crippen LogP contribution in [0, 0.1) is 0 Å². The predicted molar refractivity (Wildman–Crippen MR) is 90.5 cm³/mol. The molecule has 0 aliphatic carbocycles. The number of carbonyl (C=O) groups is 1. The first-order valence-electron chi connectivity index (χ1n) is 8.13. The molecule has 23 heavy (non-hydrogen) atoms. The topological polar surface area (TPSA) is 38.8 Å². The number of ether oxygens (including phenoxy) is 2. The molecule has 0 aromatic heterocycles. The molecule has 4 heteroatoms. The fourth-order valence-electron chi connectivity index (χ4n) is 3.13. The molecule has 4 nitrogen and oxygen atoms in total. The van der Waals surface area contributed by atoms with Crippen molar-refractivity contribution >= 4 is 16.7 Å². The van der Waals surface area contributed by atoms with Crippen molar-refractivity contribution in [1.82, 2.24) is 4.90 Å².